The zero-order valence-electron chi connectivity index (χ0n) is 11.3. The predicted molar refractivity (Wildman–Crippen MR) is 78.4 cm³/mol. The molecule has 20 heavy (non-hydrogen) atoms. The summed E-state index contributed by atoms with van der Waals surface area (Å²) in [6, 6.07) is 11.9. The number of hydrogen-bond donors (Lipinski definition) is 2. The second kappa shape index (κ2) is 5.97. The molecule has 0 aliphatic heterocycles. The van der Waals surface area contributed by atoms with Crippen molar-refractivity contribution in [3.63, 3.8) is 0 Å². The fourth-order valence-electron chi connectivity index (χ4n) is 1.74. The van der Waals surface area contributed by atoms with E-state index >= 15 is 0 Å². The van der Waals surface area contributed by atoms with Crippen LogP contribution in [0.1, 0.15) is 10.4 Å². The zero-order chi connectivity index (χ0) is 14.5. The lowest BCUT2D eigenvalue weighted by Gasteiger charge is -2.11. The van der Waals surface area contributed by atoms with Crippen molar-refractivity contribution < 1.29 is 14.3 Å². The molecule has 0 saturated carbocycles. The van der Waals surface area contributed by atoms with Gasteiger partial charge in [0.15, 0.2) is 0 Å². The highest BCUT2D eigenvalue weighted by Gasteiger charge is 2.10. The van der Waals surface area contributed by atoms with Crippen molar-refractivity contribution in [1.29, 1.82) is 0 Å². The summed E-state index contributed by atoms with van der Waals surface area (Å²) >= 11 is 0. The number of carbonyl (C=O) groups is 1. The van der Waals surface area contributed by atoms with Gasteiger partial charge in [0, 0.05) is 17.3 Å². The summed E-state index contributed by atoms with van der Waals surface area (Å²) in [5.74, 6) is 0.963. The van der Waals surface area contributed by atoms with Gasteiger partial charge in [-0.05, 0) is 36.4 Å². The highest BCUT2D eigenvalue weighted by molar-refractivity contribution is 6.05. The topological polar surface area (TPSA) is 73.6 Å². The number of nitrogens with one attached hydrogen (secondary N) is 1. The van der Waals surface area contributed by atoms with Crippen LogP contribution in [0.5, 0.6) is 11.5 Å². The van der Waals surface area contributed by atoms with Gasteiger partial charge >= 0.3 is 0 Å². The lowest BCUT2D eigenvalue weighted by Crippen LogP contribution is -2.12. The van der Waals surface area contributed by atoms with Gasteiger partial charge in [-0.1, -0.05) is 0 Å². The third-order valence-electron chi connectivity index (χ3n) is 2.83. The number of nitrogen functional groups attached to an aromatic ring is 1. The zero-order valence-corrected chi connectivity index (χ0v) is 11.3. The molecule has 5 heteroatoms. The van der Waals surface area contributed by atoms with E-state index in [1.807, 2.05) is 0 Å². The maximum atomic E-state index is 12.1. The van der Waals surface area contributed by atoms with Crippen LogP contribution >= 0.6 is 0 Å². The summed E-state index contributed by atoms with van der Waals surface area (Å²) < 4.78 is 10.3. The minimum Gasteiger partial charge on any atom is -0.497 e. The van der Waals surface area contributed by atoms with E-state index < -0.39 is 0 Å². The van der Waals surface area contributed by atoms with Crippen molar-refractivity contribution >= 4 is 17.3 Å². The molecular formula is C15H16N2O3. The molecule has 0 bridgehead atoms. The Bertz CT molecular complexity index is 609. The van der Waals surface area contributed by atoms with Crippen molar-refractivity contribution in [1.82, 2.24) is 0 Å². The van der Waals surface area contributed by atoms with Crippen LogP contribution in [-0.2, 0) is 0 Å². The Balaban J connectivity index is 2.24. The van der Waals surface area contributed by atoms with Gasteiger partial charge in [-0.25, -0.2) is 0 Å². The number of rotatable bonds is 4. The average Bonchev–Trinajstić information content (AvgIpc) is 2.47. The molecular weight excluding hydrogens is 256 g/mol. The van der Waals surface area contributed by atoms with Crippen molar-refractivity contribution in [2.24, 2.45) is 0 Å². The second-order valence-electron chi connectivity index (χ2n) is 4.14. The Hall–Kier alpha value is -2.69. The van der Waals surface area contributed by atoms with Crippen LogP contribution in [-0.4, -0.2) is 20.1 Å². The van der Waals surface area contributed by atoms with Crippen LogP contribution in [0, 0.1) is 0 Å². The minimum atomic E-state index is -0.239. The molecule has 2 aromatic carbocycles. The number of anilines is 2. The first-order valence-electron chi connectivity index (χ1n) is 6.03. The SMILES string of the molecule is COc1ccc(OC)c(NC(=O)c2ccc(N)cc2)c1. The van der Waals surface area contributed by atoms with Gasteiger partial charge < -0.3 is 20.5 Å². The van der Waals surface area contributed by atoms with Crippen molar-refractivity contribution in [3.05, 3.63) is 48.0 Å². The Labute approximate surface area is 117 Å². The van der Waals surface area contributed by atoms with Crippen LogP contribution in [0.25, 0.3) is 0 Å². The first-order valence-corrected chi connectivity index (χ1v) is 6.03. The van der Waals surface area contributed by atoms with Gasteiger partial charge in [-0.3, -0.25) is 4.79 Å². The van der Waals surface area contributed by atoms with Gasteiger partial charge in [0.05, 0.1) is 19.9 Å². The van der Waals surface area contributed by atoms with Crippen molar-refractivity contribution in [3.8, 4) is 11.5 Å². The summed E-state index contributed by atoms with van der Waals surface area (Å²) in [5, 5.41) is 2.79. The van der Waals surface area contributed by atoms with E-state index in [0.717, 1.165) is 0 Å². The molecule has 5 nitrogen and oxygen atoms in total. The van der Waals surface area contributed by atoms with E-state index in [9.17, 15) is 4.79 Å². The lowest BCUT2D eigenvalue weighted by atomic mass is 10.2. The molecule has 0 aliphatic carbocycles. The van der Waals surface area contributed by atoms with E-state index in [2.05, 4.69) is 5.32 Å². The highest BCUT2D eigenvalue weighted by atomic mass is 16.5. The number of hydrogen-bond acceptors (Lipinski definition) is 4. The molecule has 3 N–H and O–H groups in total. The summed E-state index contributed by atoms with van der Waals surface area (Å²) in [7, 11) is 3.11. The Morgan fingerprint density at radius 3 is 2.35 bits per heavy atom. The van der Waals surface area contributed by atoms with Crippen LogP contribution < -0.4 is 20.5 Å². The smallest absolute Gasteiger partial charge is 0.255 e. The van der Waals surface area contributed by atoms with Crippen molar-refractivity contribution in [2.75, 3.05) is 25.3 Å². The van der Waals surface area contributed by atoms with Gasteiger partial charge in [-0.15, -0.1) is 0 Å². The van der Waals surface area contributed by atoms with Gasteiger partial charge in [0.2, 0.25) is 0 Å². The minimum absolute atomic E-state index is 0.239. The first kappa shape index (κ1) is 13.7. The van der Waals surface area contributed by atoms with E-state index in [0.29, 0.717) is 28.4 Å². The molecule has 0 unspecified atom stereocenters. The summed E-state index contributed by atoms with van der Waals surface area (Å²) in [5.41, 5.74) is 7.27. The number of carbonyl (C=O) groups excluding carboxylic acids is 1. The number of benzene rings is 2. The highest BCUT2D eigenvalue weighted by Crippen LogP contribution is 2.29. The van der Waals surface area contributed by atoms with Gasteiger partial charge in [-0.2, -0.15) is 0 Å². The normalized spacial score (nSPS) is 9.90. The Kier molecular flexibility index (Phi) is 4.10. The summed E-state index contributed by atoms with van der Waals surface area (Å²) in [6.07, 6.45) is 0. The predicted octanol–water partition coefficient (Wildman–Crippen LogP) is 2.54. The van der Waals surface area contributed by atoms with Crippen LogP contribution in [0.3, 0.4) is 0 Å². The monoisotopic (exact) mass is 272 g/mol. The molecule has 0 saturated heterocycles. The van der Waals surface area contributed by atoms with Crippen LogP contribution in [0.2, 0.25) is 0 Å². The number of nitrogens with two attached hydrogens (primary N) is 1. The molecule has 0 heterocycles. The second-order valence-corrected chi connectivity index (χ2v) is 4.14. The van der Waals surface area contributed by atoms with E-state index in [1.165, 1.54) is 0 Å². The molecule has 1 amide bonds. The van der Waals surface area contributed by atoms with Crippen LogP contribution in [0.15, 0.2) is 42.5 Å². The number of amides is 1. The maximum Gasteiger partial charge on any atom is 0.255 e. The third-order valence-corrected chi connectivity index (χ3v) is 2.83. The van der Waals surface area contributed by atoms with Gasteiger partial charge in [0.1, 0.15) is 11.5 Å². The molecule has 2 rings (SSSR count). The fourth-order valence-corrected chi connectivity index (χ4v) is 1.74. The number of methoxy groups -OCH3 is 2. The molecule has 0 radical (unpaired) electrons. The Morgan fingerprint density at radius 1 is 1.05 bits per heavy atom. The Morgan fingerprint density at radius 2 is 1.75 bits per heavy atom. The fraction of sp³-hybridized carbons (Fsp3) is 0.133. The quantitative estimate of drug-likeness (QED) is 0.839. The molecule has 104 valence electrons. The molecule has 0 atom stereocenters. The largest absolute Gasteiger partial charge is 0.497 e. The summed E-state index contributed by atoms with van der Waals surface area (Å²) in [4.78, 5) is 12.1. The van der Waals surface area contributed by atoms with E-state index in [-0.39, 0.29) is 5.91 Å². The third kappa shape index (κ3) is 3.00. The standard InChI is InChI=1S/C15H16N2O3/c1-19-12-7-8-14(20-2)13(9-12)17-15(18)10-3-5-11(16)6-4-10/h3-9H,16H2,1-2H3,(H,17,18). The number of ether oxygens (including phenoxy) is 2. The van der Waals surface area contributed by atoms with Crippen molar-refractivity contribution in [2.45, 2.75) is 0 Å². The van der Waals surface area contributed by atoms with Gasteiger partial charge in [0.25, 0.3) is 5.91 Å². The lowest BCUT2D eigenvalue weighted by molar-refractivity contribution is 0.102. The maximum absolute atomic E-state index is 12.1. The van der Waals surface area contributed by atoms with Crippen LogP contribution in [0.4, 0.5) is 11.4 Å². The van der Waals surface area contributed by atoms with E-state index in [1.54, 1.807) is 56.7 Å². The molecule has 0 aromatic heterocycles. The molecule has 0 fully saturated rings. The molecule has 2 aromatic rings. The van der Waals surface area contributed by atoms with E-state index in [4.69, 9.17) is 15.2 Å². The molecule has 0 spiro atoms. The molecule has 0 aliphatic rings. The average molecular weight is 272 g/mol. The summed E-state index contributed by atoms with van der Waals surface area (Å²) in [6.45, 7) is 0. The first-order chi connectivity index (χ1) is 9.63.